The molecule has 3 heterocycles. The van der Waals surface area contributed by atoms with Crippen LogP contribution in [0, 0.1) is 0 Å². The molecule has 9 rings (SSSR count). The molecule has 0 atom stereocenters. The van der Waals surface area contributed by atoms with Crippen molar-refractivity contribution in [3.05, 3.63) is 156 Å². The minimum atomic E-state index is 0.658. The van der Waals surface area contributed by atoms with Crippen molar-refractivity contribution in [2.24, 2.45) is 0 Å². The van der Waals surface area contributed by atoms with Crippen molar-refractivity contribution in [1.82, 2.24) is 19.9 Å². The topological polar surface area (TPSA) is 70.5 Å². The highest BCUT2D eigenvalue weighted by Gasteiger charge is 2.20. The van der Waals surface area contributed by atoms with Gasteiger partial charge in [0, 0.05) is 54.2 Å². The molecule has 2 N–H and O–H groups in total. The normalized spacial score (nSPS) is 11.5. The molecule has 0 spiro atoms. The summed E-state index contributed by atoms with van der Waals surface area (Å²) in [7, 11) is 0. The van der Waals surface area contributed by atoms with E-state index in [1.165, 1.54) is 0 Å². The number of H-pyrrole nitrogens is 2. The van der Waals surface area contributed by atoms with Crippen LogP contribution in [-0.4, -0.2) is 19.9 Å². The fourth-order valence-electron chi connectivity index (χ4n) is 6.41. The third-order valence-corrected chi connectivity index (χ3v) is 9.21. The summed E-state index contributed by atoms with van der Waals surface area (Å²) in [6, 6.07) is 48.4. The van der Waals surface area contributed by atoms with Crippen LogP contribution in [0.3, 0.4) is 0 Å². The summed E-state index contributed by atoms with van der Waals surface area (Å²) in [4.78, 5) is 17.4. The van der Waals surface area contributed by atoms with Crippen molar-refractivity contribution in [3.8, 4) is 67.8 Å². The van der Waals surface area contributed by atoms with Gasteiger partial charge in [-0.05, 0) is 60.7 Å². The van der Waals surface area contributed by atoms with Crippen LogP contribution in [0.5, 0.6) is 0 Å². The molecule has 0 aliphatic carbocycles. The van der Waals surface area contributed by atoms with Gasteiger partial charge < -0.3 is 14.4 Å². The fraction of sp³-hybridized carbons (Fsp3) is 0. The van der Waals surface area contributed by atoms with E-state index in [0.717, 1.165) is 89.7 Å². The average molecular weight is 674 g/mol. The lowest BCUT2D eigenvalue weighted by molar-refractivity contribution is 0.669. The van der Waals surface area contributed by atoms with Crippen LogP contribution < -0.4 is 0 Å². The molecule has 3 aromatic heterocycles. The minimum absolute atomic E-state index is 0.658. The van der Waals surface area contributed by atoms with Gasteiger partial charge >= 0.3 is 0 Å². The van der Waals surface area contributed by atoms with Gasteiger partial charge in [-0.3, -0.25) is 0 Å². The first-order chi connectivity index (χ1) is 24.1. The third kappa shape index (κ3) is 5.39. The number of hydrogen-bond donors (Lipinski definition) is 2. The molecule has 234 valence electrons. The summed E-state index contributed by atoms with van der Waals surface area (Å²) in [5, 5.41) is 3.31. The zero-order chi connectivity index (χ0) is 32.9. The van der Waals surface area contributed by atoms with Crippen LogP contribution in [0.25, 0.3) is 89.7 Å². The summed E-state index contributed by atoms with van der Waals surface area (Å²) in [5.74, 6) is 1.50. The van der Waals surface area contributed by atoms with Crippen molar-refractivity contribution in [1.29, 1.82) is 0 Å². The van der Waals surface area contributed by atoms with E-state index < -0.39 is 0 Å². The second kappa shape index (κ2) is 12.0. The van der Waals surface area contributed by atoms with Gasteiger partial charge in [0.25, 0.3) is 0 Å². The van der Waals surface area contributed by atoms with E-state index in [0.29, 0.717) is 10.0 Å². The number of halogens is 2. The number of aromatic nitrogens is 4. The highest BCUT2D eigenvalue weighted by molar-refractivity contribution is 6.31. The molecule has 6 aromatic carbocycles. The Labute approximate surface area is 291 Å². The van der Waals surface area contributed by atoms with Crippen molar-refractivity contribution in [3.63, 3.8) is 0 Å². The first-order valence-electron chi connectivity index (χ1n) is 15.9. The Bertz CT molecular complexity index is 2460. The maximum Gasteiger partial charge on any atom is 0.138 e. The summed E-state index contributed by atoms with van der Waals surface area (Å²) in [6.07, 6.45) is 0. The lowest BCUT2D eigenvalue weighted by atomic mass is 10.0. The number of benzene rings is 6. The number of nitrogens with one attached hydrogen (secondary N) is 2. The number of rotatable bonds is 6. The first-order valence-corrected chi connectivity index (χ1v) is 16.6. The zero-order valence-corrected chi connectivity index (χ0v) is 27.4. The summed E-state index contributed by atoms with van der Waals surface area (Å²) in [6.45, 7) is 0. The van der Waals surface area contributed by atoms with E-state index >= 15 is 0 Å². The number of imidazole rings is 2. The van der Waals surface area contributed by atoms with Crippen LogP contribution in [0.1, 0.15) is 0 Å². The number of furan rings is 1. The molecule has 0 saturated heterocycles. The Morgan fingerprint density at radius 2 is 0.878 bits per heavy atom. The monoisotopic (exact) mass is 672 g/mol. The largest absolute Gasteiger partial charge is 0.456 e. The Morgan fingerprint density at radius 3 is 1.45 bits per heavy atom. The van der Waals surface area contributed by atoms with Gasteiger partial charge in [0.2, 0.25) is 0 Å². The first kappa shape index (κ1) is 29.3. The molecule has 0 amide bonds. The van der Waals surface area contributed by atoms with E-state index in [1.807, 2.05) is 97.1 Å². The Kier molecular flexibility index (Phi) is 7.15. The Balaban J connectivity index is 1.21. The third-order valence-electron chi connectivity index (χ3n) is 8.74. The highest BCUT2D eigenvalue weighted by Crippen LogP contribution is 2.40. The van der Waals surface area contributed by atoms with Crippen LogP contribution in [0.4, 0.5) is 0 Å². The molecule has 0 aliphatic rings. The SMILES string of the molecule is Clc1cccc(-c2nc(-c3ccc4oc5ccc(-c6[nH]c(-c7cccc(Cl)c7)nc6-c6ccccc6)cc5c4c3)c(-c3ccccc3)[nH]2)c1. The molecular weight excluding hydrogens is 647 g/mol. The van der Waals surface area contributed by atoms with E-state index in [1.54, 1.807) is 0 Å². The van der Waals surface area contributed by atoms with Gasteiger partial charge in [0.1, 0.15) is 22.8 Å². The molecule has 0 saturated carbocycles. The summed E-state index contributed by atoms with van der Waals surface area (Å²) >= 11 is 12.7. The van der Waals surface area contributed by atoms with Crippen LogP contribution in [0.2, 0.25) is 10.0 Å². The maximum absolute atomic E-state index is 6.36. The smallest absolute Gasteiger partial charge is 0.138 e. The Hall–Kier alpha value is -5.88. The van der Waals surface area contributed by atoms with Crippen molar-refractivity contribution in [2.45, 2.75) is 0 Å². The van der Waals surface area contributed by atoms with Crippen molar-refractivity contribution >= 4 is 45.1 Å². The van der Waals surface area contributed by atoms with E-state index in [2.05, 4.69) is 58.5 Å². The van der Waals surface area contributed by atoms with Crippen LogP contribution in [-0.2, 0) is 0 Å². The van der Waals surface area contributed by atoms with Crippen LogP contribution >= 0.6 is 23.2 Å². The van der Waals surface area contributed by atoms with Crippen molar-refractivity contribution in [2.75, 3.05) is 0 Å². The lowest BCUT2D eigenvalue weighted by Gasteiger charge is -2.05. The number of aromatic amines is 2. The predicted molar refractivity (Wildman–Crippen MR) is 201 cm³/mol. The lowest BCUT2D eigenvalue weighted by Crippen LogP contribution is -1.85. The molecule has 0 bridgehead atoms. The van der Waals surface area contributed by atoms with Gasteiger partial charge in [0.15, 0.2) is 0 Å². The van der Waals surface area contributed by atoms with Gasteiger partial charge in [-0.1, -0.05) is 108 Å². The van der Waals surface area contributed by atoms with E-state index in [-0.39, 0.29) is 0 Å². The van der Waals surface area contributed by atoms with E-state index in [9.17, 15) is 0 Å². The molecule has 0 radical (unpaired) electrons. The predicted octanol–water partition coefficient (Wildman–Crippen LogP) is 12.3. The highest BCUT2D eigenvalue weighted by atomic mass is 35.5. The molecule has 7 heteroatoms. The maximum atomic E-state index is 6.36. The molecule has 0 unspecified atom stereocenters. The number of fused-ring (bicyclic) bond motifs is 3. The summed E-state index contributed by atoms with van der Waals surface area (Å²) < 4.78 is 6.36. The number of nitrogens with zero attached hydrogens (tertiary/aromatic N) is 2. The quantitative estimate of drug-likeness (QED) is 0.185. The fourth-order valence-corrected chi connectivity index (χ4v) is 6.79. The second-order valence-corrected chi connectivity index (χ2v) is 12.8. The standard InChI is InChI=1S/C42H26Cl2N4O/c43-31-15-7-13-29(21-31)41-45-37(25-9-3-1-4-10-25)39(47-41)27-17-19-35-33(23-27)34-24-28(18-20-36(34)49-35)40-38(26-11-5-2-6-12-26)46-42(48-40)30-14-8-16-32(44)22-30/h1-24H,(H,45,47)(H,46,48). The zero-order valence-electron chi connectivity index (χ0n) is 25.9. The van der Waals surface area contributed by atoms with Crippen LogP contribution in [0.15, 0.2) is 150 Å². The van der Waals surface area contributed by atoms with Gasteiger partial charge in [-0.15, -0.1) is 0 Å². The number of hydrogen-bond acceptors (Lipinski definition) is 3. The molecule has 9 aromatic rings. The second-order valence-electron chi connectivity index (χ2n) is 11.9. The van der Waals surface area contributed by atoms with Crippen molar-refractivity contribution < 1.29 is 4.42 Å². The van der Waals surface area contributed by atoms with Gasteiger partial charge in [0.05, 0.1) is 22.8 Å². The van der Waals surface area contributed by atoms with Gasteiger partial charge in [-0.25, -0.2) is 9.97 Å². The Morgan fingerprint density at radius 1 is 0.408 bits per heavy atom. The average Bonchev–Trinajstić information content (AvgIpc) is 3.88. The molecule has 5 nitrogen and oxygen atoms in total. The minimum Gasteiger partial charge on any atom is -0.456 e. The molecule has 0 fully saturated rings. The molecule has 0 aliphatic heterocycles. The molecule has 49 heavy (non-hydrogen) atoms. The molecular formula is C42H26Cl2N4O. The summed E-state index contributed by atoms with van der Waals surface area (Å²) in [5.41, 5.74) is 11.0. The van der Waals surface area contributed by atoms with E-state index in [4.69, 9.17) is 37.6 Å². The van der Waals surface area contributed by atoms with Gasteiger partial charge in [-0.2, -0.15) is 0 Å².